The van der Waals surface area contributed by atoms with E-state index in [0.29, 0.717) is 17.6 Å². The van der Waals surface area contributed by atoms with Gasteiger partial charge in [0.1, 0.15) is 0 Å². The van der Waals surface area contributed by atoms with E-state index < -0.39 is 0 Å². The van der Waals surface area contributed by atoms with E-state index in [4.69, 9.17) is 10.5 Å². The van der Waals surface area contributed by atoms with Gasteiger partial charge in [0.15, 0.2) is 5.82 Å². The van der Waals surface area contributed by atoms with Crippen molar-refractivity contribution in [3.8, 4) is 5.88 Å². The lowest BCUT2D eigenvalue weighted by Gasteiger charge is -2.36. The van der Waals surface area contributed by atoms with E-state index in [1.54, 1.807) is 13.2 Å². The number of benzene rings is 1. The Hall–Kier alpha value is -2.23. The first-order valence-electron chi connectivity index (χ1n) is 6.88. The Morgan fingerprint density at radius 3 is 2.85 bits per heavy atom. The molecule has 0 amide bonds. The third-order valence-electron chi connectivity index (χ3n) is 3.84. The predicted molar refractivity (Wildman–Crippen MR) is 81.6 cm³/mol. The van der Waals surface area contributed by atoms with E-state index in [2.05, 4.69) is 41.1 Å². The lowest BCUT2D eigenvalue weighted by atomic mass is 9.96. The molecular formula is C16H19N3O. The van der Waals surface area contributed by atoms with Crippen molar-refractivity contribution in [1.29, 1.82) is 0 Å². The summed E-state index contributed by atoms with van der Waals surface area (Å²) in [7, 11) is 1.62. The summed E-state index contributed by atoms with van der Waals surface area (Å²) < 4.78 is 5.23. The van der Waals surface area contributed by atoms with Gasteiger partial charge in [-0.3, -0.25) is 0 Å². The first-order valence-corrected chi connectivity index (χ1v) is 6.88. The van der Waals surface area contributed by atoms with Crippen LogP contribution < -0.4 is 15.4 Å². The highest BCUT2D eigenvalue weighted by Gasteiger charge is 2.26. The fourth-order valence-electron chi connectivity index (χ4n) is 2.76. The summed E-state index contributed by atoms with van der Waals surface area (Å²) in [4.78, 5) is 6.76. The highest BCUT2D eigenvalue weighted by atomic mass is 16.5. The number of aryl methyl sites for hydroxylation is 1. The number of nitrogens with zero attached hydrogens (tertiary/aromatic N) is 2. The van der Waals surface area contributed by atoms with Gasteiger partial charge in [-0.25, -0.2) is 0 Å². The number of anilines is 3. The van der Waals surface area contributed by atoms with Crippen molar-refractivity contribution < 1.29 is 4.74 Å². The van der Waals surface area contributed by atoms with Gasteiger partial charge in [-0.1, -0.05) is 18.2 Å². The van der Waals surface area contributed by atoms with Crippen molar-refractivity contribution in [3.05, 3.63) is 42.0 Å². The van der Waals surface area contributed by atoms with Crippen LogP contribution in [0.5, 0.6) is 5.88 Å². The van der Waals surface area contributed by atoms with Crippen LogP contribution in [0.4, 0.5) is 17.2 Å². The number of aromatic nitrogens is 1. The summed E-state index contributed by atoms with van der Waals surface area (Å²) in [6.07, 6.45) is 2.19. The Labute approximate surface area is 119 Å². The van der Waals surface area contributed by atoms with E-state index in [1.807, 2.05) is 6.07 Å². The van der Waals surface area contributed by atoms with Crippen molar-refractivity contribution in [2.24, 2.45) is 0 Å². The summed E-state index contributed by atoms with van der Waals surface area (Å²) in [5.74, 6) is 1.37. The standard InChI is InChI=1S/C16H19N3O/c1-11-7-8-12-5-3-4-6-14(12)19(11)16-13(17)9-10-15(18-16)20-2/h3-6,9-11H,7-8,17H2,1-2H3. The topological polar surface area (TPSA) is 51.4 Å². The Morgan fingerprint density at radius 1 is 1.25 bits per heavy atom. The number of nitrogen functional groups attached to an aromatic ring is 1. The molecule has 0 radical (unpaired) electrons. The molecule has 0 fully saturated rings. The number of rotatable bonds is 2. The maximum Gasteiger partial charge on any atom is 0.215 e. The molecule has 1 aliphatic rings. The average Bonchev–Trinajstić information content (AvgIpc) is 2.48. The number of nitrogens with two attached hydrogens (primary N) is 1. The van der Waals surface area contributed by atoms with Gasteiger partial charge >= 0.3 is 0 Å². The molecule has 4 nitrogen and oxygen atoms in total. The van der Waals surface area contributed by atoms with Crippen molar-refractivity contribution >= 4 is 17.2 Å². The molecule has 0 aliphatic carbocycles. The zero-order valence-corrected chi connectivity index (χ0v) is 11.8. The first-order chi connectivity index (χ1) is 9.70. The number of hydrogen-bond donors (Lipinski definition) is 1. The van der Waals surface area contributed by atoms with Gasteiger partial charge in [0, 0.05) is 17.8 Å². The van der Waals surface area contributed by atoms with E-state index >= 15 is 0 Å². The molecule has 1 aromatic heterocycles. The fourth-order valence-corrected chi connectivity index (χ4v) is 2.76. The van der Waals surface area contributed by atoms with Crippen LogP contribution >= 0.6 is 0 Å². The molecule has 104 valence electrons. The molecule has 2 aromatic rings. The smallest absolute Gasteiger partial charge is 0.215 e. The minimum atomic E-state index is 0.367. The first kappa shape index (κ1) is 12.8. The molecule has 1 atom stereocenters. The largest absolute Gasteiger partial charge is 0.481 e. The second-order valence-electron chi connectivity index (χ2n) is 5.15. The Balaban J connectivity index is 2.13. The third kappa shape index (κ3) is 2.07. The summed E-state index contributed by atoms with van der Waals surface area (Å²) in [5.41, 5.74) is 9.35. The van der Waals surface area contributed by atoms with Crippen LogP contribution in [0.3, 0.4) is 0 Å². The summed E-state index contributed by atoms with van der Waals surface area (Å²) >= 11 is 0. The van der Waals surface area contributed by atoms with Crippen molar-refractivity contribution in [1.82, 2.24) is 4.98 Å². The highest BCUT2D eigenvalue weighted by Crippen LogP contribution is 2.38. The van der Waals surface area contributed by atoms with Crippen LogP contribution in [0.1, 0.15) is 18.9 Å². The number of fused-ring (bicyclic) bond motifs is 1. The van der Waals surface area contributed by atoms with Crippen molar-refractivity contribution in [3.63, 3.8) is 0 Å². The minimum Gasteiger partial charge on any atom is -0.481 e. The molecule has 0 spiro atoms. The second-order valence-corrected chi connectivity index (χ2v) is 5.15. The molecule has 2 N–H and O–H groups in total. The summed E-state index contributed by atoms with van der Waals surface area (Å²) in [5, 5.41) is 0. The highest BCUT2D eigenvalue weighted by molar-refractivity contribution is 5.75. The number of methoxy groups -OCH3 is 1. The summed E-state index contributed by atoms with van der Waals surface area (Å²) in [6, 6.07) is 12.4. The number of para-hydroxylation sites is 1. The summed E-state index contributed by atoms with van der Waals surface area (Å²) in [6.45, 7) is 2.20. The molecule has 2 heterocycles. The normalized spacial score (nSPS) is 17.7. The van der Waals surface area contributed by atoms with Gasteiger partial charge in [-0.05, 0) is 37.5 Å². The Kier molecular flexibility index (Phi) is 3.22. The van der Waals surface area contributed by atoms with E-state index in [0.717, 1.165) is 18.7 Å². The molecule has 4 heteroatoms. The molecular weight excluding hydrogens is 250 g/mol. The lowest BCUT2D eigenvalue weighted by Crippen LogP contribution is -2.34. The molecule has 0 bridgehead atoms. The predicted octanol–water partition coefficient (Wildman–Crippen LogP) is 3.15. The average molecular weight is 269 g/mol. The Bertz CT molecular complexity index is 627. The Morgan fingerprint density at radius 2 is 2.05 bits per heavy atom. The van der Waals surface area contributed by atoms with Crippen LogP contribution in [-0.4, -0.2) is 18.1 Å². The molecule has 3 rings (SSSR count). The maximum atomic E-state index is 6.13. The zero-order valence-electron chi connectivity index (χ0n) is 11.8. The van der Waals surface area contributed by atoms with Gasteiger partial charge in [0.25, 0.3) is 0 Å². The fraction of sp³-hybridized carbons (Fsp3) is 0.312. The molecule has 1 aromatic carbocycles. The number of pyridine rings is 1. The second kappa shape index (κ2) is 5.04. The SMILES string of the molecule is COc1ccc(N)c(N2c3ccccc3CCC2C)n1. The maximum absolute atomic E-state index is 6.13. The van der Waals surface area contributed by atoms with Crippen LogP contribution in [-0.2, 0) is 6.42 Å². The quantitative estimate of drug-likeness (QED) is 0.910. The lowest BCUT2D eigenvalue weighted by molar-refractivity contribution is 0.398. The molecule has 1 unspecified atom stereocenters. The van der Waals surface area contributed by atoms with Crippen LogP contribution in [0, 0.1) is 0 Å². The van der Waals surface area contributed by atoms with Crippen molar-refractivity contribution in [2.75, 3.05) is 17.7 Å². The zero-order chi connectivity index (χ0) is 14.1. The monoisotopic (exact) mass is 269 g/mol. The van der Waals surface area contributed by atoms with Crippen LogP contribution in [0.15, 0.2) is 36.4 Å². The van der Waals surface area contributed by atoms with Crippen LogP contribution in [0.2, 0.25) is 0 Å². The van der Waals surface area contributed by atoms with Crippen molar-refractivity contribution in [2.45, 2.75) is 25.8 Å². The number of hydrogen-bond acceptors (Lipinski definition) is 4. The van der Waals surface area contributed by atoms with Gasteiger partial charge in [-0.15, -0.1) is 0 Å². The third-order valence-corrected chi connectivity index (χ3v) is 3.84. The van der Waals surface area contributed by atoms with E-state index in [9.17, 15) is 0 Å². The molecule has 0 saturated carbocycles. The van der Waals surface area contributed by atoms with Gasteiger partial charge in [0.2, 0.25) is 5.88 Å². The van der Waals surface area contributed by atoms with Gasteiger partial charge in [-0.2, -0.15) is 4.98 Å². The van der Waals surface area contributed by atoms with E-state index in [1.165, 1.54) is 11.3 Å². The van der Waals surface area contributed by atoms with Gasteiger partial charge < -0.3 is 15.4 Å². The van der Waals surface area contributed by atoms with Crippen LogP contribution in [0.25, 0.3) is 0 Å². The molecule has 20 heavy (non-hydrogen) atoms. The minimum absolute atomic E-state index is 0.367. The molecule has 1 aliphatic heterocycles. The number of ether oxygens (including phenoxy) is 1. The molecule has 0 saturated heterocycles. The van der Waals surface area contributed by atoms with E-state index in [-0.39, 0.29) is 0 Å². The van der Waals surface area contributed by atoms with Gasteiger partial charge in [0.05, 0.1) is 12.8 Å².